The minimum Gasteiger partial charge on any atom is -0.508 e. The Labute approximate surface area is 179 Å². The summed E-state index contributed by atoms with van der Waals surface area (Å²) in [7, 11) is 0. The second-order valence-electron chi connectivity index (χ2n) is 6.76. The predicted octanol–water partition coefficient (Wildman–Crippen LogP) is 4.35. The molecule has 7 heteroatoms. The maximum absolute atomic E-state index is 12.3. The van der Waals surface area contributed by atoms with Gasteiger partial charge in [-0.15, -0.1) is 11.3 Å². The molecule has 30 heavy (non-hydrogen) atoms. The molecule has 0 saturated heterocycles. The lowest BCUT2D eigenvalue weighted by Crippen LogP contribution is -2.21. The van der Waals surface area contributed by atoms with Gasteiger partial charge in [0.25, 0.3) is 5.91 Å². The minimum atomic E-state index is -0.244. The molecule has 0 aliphatic heterocycles. The Morgan fingerprint density at radius 3 is 2.37 bits per heavy atom. The van der Waals surface area contributed by atoms with Crippen molar-refractivity contribution in [2.24, 2.45) is 5.10 Å². The maximum Gasteiger partial charge on any atom is 0.256 e. The van der Waals surface area contributed by atoms with Gasteiger partial charge in [-0.1, -0.05) is 31.2 Å². The minimum absolute atomic E-state index is 0.134. The molecule has 6 nitrogen and oxygen atoms in total. The Morgan fingerprint density at radius 2 is 1.73 bits per heavy atom. The monoisotopic (exact) mass is 421 g/mol. The molecule has 0 bridgehead atoms. The van der Waals surface area contributed by atoms with E-state index < -0.39 is 0 Å². The third kappa shape index (κ3) is 5.78. The standard InChI is InChI=1S/C23H23N3O3S/c1-3-21-13-18(14-30-21)23(29)24-19-8-6-17(7-9-19)15(2)25-26-22(28)12-16-4-10-20(27)11-5-16/h4-11,13-14,27H,3,12H2,1-2H3,(H,24,29)(H,26,28)/b25-15-. The summed E-state index contributed by atoms with van der Waals surface area (Å²) in [5, 5.41) is 18.2. The Hall–Kier alpha value is -3.45. The van der Waals surface area contributed by atoms with E-state index in [2.05, 4.69) is 22.8 Å². The van der Waals surface area contributed by atoms with Crippen LogP contribution in [-0.4, -0.2) is 22.6 Å². The van der Waals surface area contributed by atoms with E-state index >= 15 is 0 Å². The number of carbonyl (C=O) groups is 2. The third-order valence-electron chi connectivity index (χ3n) is 4.47. The van der Waals surface area contributed by atoms with Crippen molar-refractivity contribution in [1.82, 2.24) is 5.43 Å². The number of rotatable bonds is 7. The summed E-state index contributed by atoms with van der Waals surface area (Å²) in [5.41, 5.74) is 6.16. The molecule has 3 rings (SSSR count). The summed E-state index contributed by atoms with van der Waals surface area (Å²) in [5.74, 6) is -0.217. The van der Waals surface area contributed by atoms with Crippen LogP contribution in [0.1, 0.15) is 40.2 Å². The van der Waals surface area contributed by atoms with Crippen LogP contribution in [0.4, 0.5) is 5.69 Å². The van der Waals surface area contributed by atoms with E-state index in [1.54, 1.807) is 54.7 Å². The van der Waals surface area contributed by atoms with E-state index in [0.29, 0.717) is 17.0 Å². The van der Waals surface area contributed by atoms with E-state index in [4.69, 9.17) is 0 Å². The third-order valence-corrected chi connectivity index (χ3v) is 5.56. The fraction of sp³-hybridized carbons (Fsp3) is 0.174. The molecule has 0 spiro atoms. The summed E-state index contributed by atoms with van der Waals surface area (Å²) in [6.45, 7) is 3.86. The number of phenolic OH excluding ortho intramolecular Hbond substituents is 1. The summed E-state index contributed by atoms with van der Waals surface area (Å²) < 4.78 is 0. The zero-order valence-electron chi connectivity index (χ0n) is 16.8. The van der Waals surface area contributed by atoms with Crippen LogP contribution in [-0.2, 0) is 17.6 Å². The van der Waals surface area contributed by atoms with Gasteiger partial charge in [-0.05, 0) is 54.8 Å². The number of thiophene rings is 1. The first-order valence-electron chi connectivity index (χ1n) is 9.55. The molecule has 0 unspecified atom stereocenters. The van der Waals surface area contributed by atoms with E-state index in [0.717, 1.165) is 17.5 Å². The van der Waals surface area contributed by atoms with Crippen LogP contribution in [0.2, 0.25) is 0 Å². The Morgan fingerprint density at radius 1 is 1.03 bits per heavy atom. The van der Waals surface area contributed by atoms with E-state index in [9.17, 15) is 14.7 Å². The zero-order valence-corrected chi connectivity index (χ0v) is 17.6. The van der Waals surface area contributed by atoms with Gasteiger partial charge in [0.2, 0.25) is 5.91 Å². The van der Waals surface area contributed by atoms with Gasteiger partial charge in [0.1, 0.15) is 5.75 Å². The fourth-order valence-corrected chi connectivity index (χ4v) is 3.55. The van der Waals surface area contributed by atoms with Gasteiger partial charge in [0.15, 0.2) is 0 Å². The van der Waals surface area contributed by atoms with Gasteiger partial charge in [-0.25, -0.2) is 5.43 Å². The molecule has 1 aromatic heterocycles. The van der Waals surface area contributed by atoms with Gasteiger partial charge in [0, 0.05) is 15.9 Å². The van der Waals surface area contributed by atoms with Gasteiger partial charge < -0.3 is 10.4 Å². The lowest BCUT2D eigenvalue weighted by molar-refractivity contribution is -0.120. The Kier molecular flexibility index (Phi) is 6.98. The molecule has 0 radical (unpaired) electrons. The van der Waals surface area contributed by atoms with Crippen molar-refractivity contribution in [3.05, 3.63) is 81.5 Å². The smallest absolute Gasteiger partial charge is 0.256 e. The van der Waals surface area contributed by atoms with Crippen LogP contribution in [0.15, 0.2) is 65.1 Å². The highest BCUT2D eigenvalue weighted by Crippen LogP contribution is 2.17. The molecule has 0 saturated carbocycles. The van der Waals surface area contributed by atoms with Gasteiger partial charge >= 0.3 is 0 Å². The number of hydrogen-bond donors (Lipinski definition) is 3. The first-order valence-corrected chi connectivity index (χ1v) is 10.4. The van der Waals surface area contributed by atoms with Crippen molar-refractivity contribution < 1.29 is 14.7 Å². The number of benzene rings is 2. The van der Waals surface area contributed by atoms with Crippen LogP contribution < -0.4 is 10.7 Å². The lowest BCUT2D eigenvalue weighted by Gasteiger charge is -2.06. The number of amides is 2. The Bertz CT molecular complexity index is 1050. The van der Waals surface area contributed by atoms with E-state index in [-0.39, 0.29) is 24.0 Å². The largest absolute Gasteiger partial charge is 0.508 e. The molecular formula is C23H23N3O3S. The summed E-state index contributed by atoms with van der Waals surface area (Å²) in [4.78, 5) is 25.5. The van der Waals surface area contributed by atoms with E-state index in [1.807, 2.05) is 23.6 Å². The number of nitrogens with one attached hydrogen (secondary N) is 2. The number of hydrogen-bond acceptors (Lipinski definition) is 5. The van der Waals surface area contributed by atoms with Crippen LogP contribution in [0.5, 0.6) is 5.75 Å². The normalized spacial score (nSPS) is 11.2. The molecule has 0 aliphatic carbocycles. The second kappa shape index (κ2) is 9.84. The summed E-state index contributed by atoms with van der Waals surface area (Å²) >= 11 is 1.58. The molecular weight excluding hydrogens is 398 g/mol. The summed E-state index contributed by atoms with van der Waals surface area (Å²) in [6.07, 6.45) is 1.08. The number of nitrogens with zero attached hydrogens (tertiary/aromatic N) is 1. The zero-order chi connectivity index (χ0) is 21.5. The maximum atomic E-state index is 12.3. The first kappa shape index (κ1) is 21.3. The molecule has 1 heterocycles. The van der Waals surface area contributed by atoms with Crippen molar-refractivity contribution >= 4 is 34.6 Å². The molecule has 0 aliphatic rings. The number of hydrazone groups is 1. The molecule has 3 aromatic rings. The molecule has 3 N–H and O–H groups in total. The topological polar surface area (TPSA) is 90.8 Å². The average Bonchev–Trinajstić information content (AvgIpc) is 3.24. The number of carbonyl (C=O) groups excluding carboxylic acids is 2. The second-order valence-corrected chi connectivity index (χ2v) is 7.76. The van der Waals surface area contributed by atoms with Crippen molar-refractivity contribution in [2.75, 3.05) is 5.32 Å². The molecule has 0 atom stereocenters. The number of aryl methyl sites for hydroxylation is 1. The quantitative estimate of drug-likeness (QED) is 0.391. The number of aromatic hydroxyl groups is 1. The number of anilines is 1. The fourth-order valence-electron chi connectivity index (χ4n) is 2.73. The van der Waals surface area contributed by atoms with E-state index in [1.165, 1.54) is 4.88 Å². The van der Waals surface area contributed by atoms with Crippen LogP contribution >= 0.6 is 11.3 Å². The molecule has 2 amide bonds. The Balaban J connectivity index is 1.55. The predicted molar refractivity (Wildman–Crippen MR) is 120 cm³/mol. The highest BCUT2D eigenvalue weighted by Gasteiger charge is 2.09. The van der Waals surface area contributed by atoms with Crippen LogP contribution in [0.25, 0.3) is 0 Å². The number of phenols is 1. The van der Waals surface area contributed by atoms with Gasteiger partial charge in [0.05, 0.1) is 17.7 Å². The van der Waals surface area contributed by atoms with Crippen molar-refractivity contribution in [1.29, 1.82) is 0 Å². The van der Waals surface area contributed by atoms with Crippen LogP contribution in [0.3, 0.4) is 0 Å². The average molecular weight is 422 g/mol. The lowest BCUT2D eigenvalue weighted by atomic mass is 10.1. The highest BCUT2D eigenvalue weighted by molar-refractivity contribution is 7.10. The molecule has 2 aromatic carbocycles. The molecule has 154 valence electrons. The van der Waals surface area contributed by atoms with Crippen LogP contribution in [0, 0.1) is 0 Å². The van der Waals surface area contributed by atoms with Crippen molar-refractivity contribution in [2.45, 2.75) is 26.7 Å². The van der Waals surface area contributed by atoms with Crippen molar-refractivity contribution in [3.63, 3.8) is 0 Å². The SMILES string of the molecule is CCc1cc(C(=O)Nc2ccc(/C(C)=N\NC(=O)Cc3ccc(O)cc3)cc2)cs1. The van der Waals surface area contributed by atoms with Crippen molar-refractivity contribution in [3.8, 4) is 5.75 Å². The summed E-state index contributed by atoms with van der Waals surface area (Å²) in [6, 6.07) is 15.7. The van der Waals surface area contributed by atoms with Gasteiger partial charge in [-0.2, -0.15) is 5.10 Å². The first-order chi connectivity index (χ1) is 14.4. The van der Waals surface area contributed by atoms with Gasteiger partial charge in [-0.3, -0.25) is 9.59 Å². The molecule has 0 fully saturated rings. The highest BCUT2D eigenvalue weighted by atomic mass is 32.1.